The van der Waals surface area contributed by atoms with Crippen molar-refractivity contribution in [3.05, 3.63) is 12.7 Å². The van der Waals surface area contributed by atoms with E-state index in [9.17, 15) is 4.79 Å². The van der Waals surface area contributed by atoms with E-state index in [1.165, 1.54) is 12.8 Å². The molecular weight excluding hydrogens is 234 g/mol. The number of carbonyl (C=O) groups is 1. The Labute approximate surface area is 110 Å². The molecule has 1 atom stereocenters. The van der Waals surface area contributed by atoms with Crippen LogP contribution in [0, 0.1) is 5.92 Å². The second-order valence-electron chi connectivity index (χ2n) is 4.78. The molecule has 1 rings (SSSR count). The van der Waals surface area contributed by atoms with Crippen molar-refractivity contribution >= 4 is 17.5 Å². The van der Waals surface area contributed by atoms with Crippen LogP contribution in [0.4, 0.5) is 0 Å². The second-order valence-corrected chi connectivity index (χ2v) is 5.16. The van der Waals surface area contributed by atoms with Crippen LogP contribution in [0.25, 0.3) is 0 Å². The van der Waals surface area contributed by atoms with Gasteiger partial charge in [0.2, 0.25) is 5.91 Å². The minimum Gasteiger partial charge on any atom is -0.342 e. The summed E-state index contributed by atoms with van der Waals surface area (Å²) >= 11 is 5.73. The van der Waals surface area contributed by atoms with Gasteiger partial charge in [-0.3, -0.25) is 4.79 Å². The number of likely N-dealkylation sites (tertiary alicyclic amines) is 1. The highest BCUT2D eigenvalue weighted by Gasteiger charge is 2.25. The maximum Gasteiger partial charge on any atom is 0.225 e. The van der Waals surface area contributed by atoms with E-state index in [1.54, 1.807) is 0 Å². The fourth-order valence-corrected chi connectivity index (χ4v) is 2.57. The first-order valence-electron chi connectivity index (χ1n) is 6.75. The van der Waals surface area contributed by atoms with E-state index in [0.717, 1.165) is 45.2 Å². The van der Waals surface area contributed by atoms with Crippen LogP contribution in [-0.4, -0.2) is 29.8 Å². The number of nitrogens with zero attached hydrogens (tertiary/aromatic N) is 1. The van der Waals surface area contributed by atoms with Crippen molar-refractivity contribution in [1.82, 2.24) is 4.90 Å². The monoisotopic (exact) mass is 257 g/mol. The largest absolute Gasteiger partial charge is 0.342 e. The summed E-state index contributed by atoms with van der Waals surface area (Å²) in [5, 5.41) is 0. The Balaban J connectivity index is 2.41. The molecule has 2 nitrogen and oxygen atoms in total. The highest BCUT2D eigenvalue weighted by Crippen LogP contribution is 2.21. The average Bonchev–Trinajstić information content (AvgIpc) is 2.86. The van der Waals surface area contributed by atoms with E-state index < -0.39 is 0 Å². The van der Waals surface area contributed by atoms with Gasteiger partial charge in [0.25, 0.3) is 0 Å². The molecule has 1 unspecified atom stereocenters. The summed E-state index contributed by atoms with van der Waals surface area (Å²) in [6.07, 6.45) is 9.20. The number of alkyl halides is 1. The molecule has 0 aromatic carbocycles. The number of rotatable bonds is 8. The van der Waals surface area contributed by atoms with Crippen molar-refractivity contribution in [3.63, 3.8) is 0 Å². The average molecular weight is 258 g/mol. The van der Waals surface area contributed by atoms with Crippen molar-refractivity contribution in [1.29, 1.82) is 0 Å². The summed E-state index contributed by atoms with van der Waals surface area (Å²) in [7, 11) is 0. The number of hydrogen-bond acceptors (Lipinski definition) is 1. The third kappa shape index (κ3) is 5.12. The Kier molecular flexibility index (Phi) is 7.34. The standard InChI is InChI=1S/C14H24ClNO/c1-2-3-4-8-13(9-7-10-15)14(17)16-11-5-6-12-16/h2,13H,1,3-12H2. The molecule has 0 bridgehead atoms. The third-order valence-electron chi connectivity index (χ3n) is 3.41. The lowest BCUT2D eigenvalue weighted by atomic mass is 9.95. The fourth-order valence-electron chi connectivity index (χ4n) is 2.42. The first kappa shape index (κ1) is 14.6. The zero-order chi connectivity index (χ0) is 12.5. The molecule has 0 radical (unpaired) electrons. The van der Waals surface area contributed by atoms with Crippen LogP contribution in [0.3, 0.4) is 0 Å². The molecule has 98 valence electrons. The van der Waals surface area contributed by atoms with Crippen molar-refractivity contribution in [2.24, 2.45) is 5.92 Å². The predicted molar refractivity (Wildman–Crippen MR) is 73.3 cm³/mol. The molecule has 1 aliphatic heterocycles. The van der Waals surface area contributed by atoms with E-state index in [-0.39, 0.29) is 5.92 Å². The molecule has 0 aromatic heterocycles. The number of carbonyl (C=O) groups excluding carboxylic acids is 1. The second kappa shape index (κ2) is 8.57. The molecular formula is C14H24ClNO. The summed E-state index contributed by atoms with van der Waals surface area (Å²) in [5.41, 5.74) is 0. The Hall–Kier alpha value is -0.500. The molecule has 0 aromatic rings. The lowest BCUT2D eigenvalue weighted by Gasteiger charge is -2.23. The van der Waals surface area contributed by atoms with Gasteiger partial charge in [0, 0.05) is 24.9 Å². The van der Waals surface area contributed by atoms with E-state index in [2.05, 4.69) is 6.58 Å². The number of amides is 1. The van der Waals surface area contributed by atoms with Crippen LogP contribution in [0.2, 0.25) is 0 Å². The van der Waals surface area contributed by atoms with Crippen molar-refractivity contribution < 1.29 is 4.79 Å². The Morgan fingerprint density at radius 1 is 1.29 bits per heavy atom. The smallest absolute Gasteiger partial charge is 0.225 e. The minimum atomic E-state index is 0.187. The maximum atomic E-state index is 12.3. The van der Waals surface area contributed by atoms with Gasteiger partial charge in [0.05, 0.1) is 0 Å². The van der Waals surface area contributed by atoms with Gasteiger partial charge < -0.3 is 4.90 Å². The van der Waals surface area contributed by atoms with Gasteiger partial charge in [-0.15, -0.1) is 18.2 Å². The Bertz CT molecular complexity index is 236. The summed E-state index contributed by atoms with van der Waals surface area (Å²) in [6.45, 7) is 5.64. The molecule has 1 heterocycles. The van der Waals surface area contributed by atoms with Gasteiger partial charge in [0.15, 0.2) is 0 Å². The van der Waals surface area contributed by atoms with Crippen molar-refractivity contribution in [2.45, 2.75) is 44.9 Å². The van der Waals surface area contributed by atoms with Crippen molar-refractivity contribution in [2.75, 3.05) is 19.0 Å². The normalized spacial score (nSPS) is 17.1. The van der Waals surface area contributed by atoms with Crippen LogP contribution in [0.5, 0.6) is 0 Å². The summed E-state index contributed by atoms with van der Waals surface area (Å²) in [5.74, 6) is 1.20. The zero-order valence-corrected chi connectivity index (χ0v) is 11.4. The van der Waals surface area contributed by atoms with Crippen LogP contribution < -0.4 is 0 Å². The van der Waals surface area contributed by atoms with Gasteiger partial charge in [-0.1, -0.05) is 6.08 Å². The number of unbranched alkanes of at least 4 members (excludes halogenated alkanes) is 1. The molecule has 0 spiro atoms. The number of hydrogen-bond donors (Lipinski definition) is 0. The zero-order valence-electron chi connectivity index (χ0n) is 10.7. The van der Waals surface area contributed by atoms with Gasteiger partial charge in [-0.2, -0.15) is 0 Å². The molecule has 17 heavy (non-hydrogen) atoms. The number of halogens is 1. The highest BCUT2D eigenvalue weighted by atomic mass is 35.5. The molecule has 1 aliphatic rings. The van der Waals surface area contributed by atoms with E-state index in [4.69, 9.17) is 11.6 Å². The summed E-state index contributed by atoms with van der Waals surface area (Å²) in [6, 6.07) is 0. The summed E-state index contributed by atoms with van der Waals surface area (Å²) < 4.78 is 0. The van der Waals surface area contributed by atoms with Gasteiger partial charge >= 0.3 is 0 Å². The molecule has 0 saturated carbocycles. The number of allylic oxidation sites excluding steroid dienone is 1. The van der Waals surface area contributed by atoms with Crippen LogP contribution in [0.15, 0.2) is 12.7 Å². The van der Waals surface area contributed by atoms with Gasteiger partial charge in [-0.25, -0.2) is 0 Å². The third-order valence-corrected chi connectivity index (χ3v) is 3.68. The molecule has 1 saturated heterocycles. The fraction of sp³-hybridized carbons (Fsp3) is 0.786. The lowest BCUT2D eigenvalue weighted by molar-refractivity contribution is -0.134. The van der Waals surface area contributed by atoms with E-state index >= 15 is 0 Å². The molecule has 0 N–H and O–H groups in total. The van der Waals surface area contributed by atoms with Gasteiger partial charge in [-0.05, 0) is 44.9 Å². The molecule has 0 aliphatic carbocycles. The minimum absolute atomic E-state index is 0.187. The van der Waals surface area contributed by atoms with Gasteiger partial charge in [0.1, 0.15) is 0 Å². The highest BCUT2D eigenvalue weighted by molar-refractivity contribution is 6.17. The van der Waals surface area contributed by atoms with Crippen LogP contribution in [0.1, 0.15) is 44.9 Å². The first-order valence-corrected chi connectivity index (χ1v) is 7.28. The first-order chi connectivity index (χ1) is 8.29. The van der Waals surface area contributed by atoms with Crippen LogP contribution in [-0.2, 0) is 4.79 Å². The Morgan fingerprint density at radius 3 is 2.53 bits per heavy atom. The van der Waals surface area contributed by atoms with E-state index in [0.29, 0.717) is 11.8 Å². The molecule has 3 heteroatoms. The maximum absolute atomic E-state index is 12.3. The molecule has 1 amide bonds. The van der Waals surface area contributed by atoms with Crippen molar-refractivity contribution in [3.8, 4) is 0 Å². The SMILES string of the molecule is C=CCCCC(CCCCl)C(=O)N1CCCC1. The summed E-state index contributed by atoms with van der Waals surface area (Å²) in [4.78, 5) is 14.3. The van der Waals surface area contributed by atoms with Crippen LogP contribution >= 0.6 is 11.6 Å². The lowest BCUT2D eigenvalue weighted by Crippen LogP contribution is -2.33. The topological polar surface area (TPSA) is 20.3 Å². The van der Waals surface area contributed by atoms with E-state index in [1.807, 2.05) is 11.0 Å². The predicted octanol–water partition coefficient (Wildman–Crippen LogP) is 3.60. The molecule has 1 fully saturated rings. The Morgan fingerprint density at radius 2 is 1.94 bits per heavy atom. The quantitative estimate of drug-likeness (QED) is 0.370.